The maximum Gasteiger partial charge on any atom is 0.459 e. The number of nitrogen functional groups attached to an aromatic ring is 1. The van der Waals surface area contributed by atoms with Gasteiger partial charge >= 0.3 is 19.4 Å². The first-order valence-corrected chi connectivity index (χ1v) is 14.1. The number of ether oxygens (including phenoxy) is 2. The van der Waals surface area contributed by atoms with Gasteiger partial charge in [-0.1, -0.05) is 36.4 Å². The van der Waals surface area contributed by atoms with Crippen LogP contribution in [-0.2, 0) is 23.4 Å². The van der Waals surface area contributed by atoms with Crippen molar-refractivity contribution < 1.29 is 37.4 Å². The highest BCUT2D eigenvalue weighted by atomic mass is 31.2. The number of halogens is 1. The lowest BCUT2D eigenvalue weighted by Crippen LogP contribution is -2.43. The molecule has 12 nitrogen and oxygen atoms in total. The third-order valence-corrected chi connectivity index (χ3v) is 7.85. The lowest BCUT2D eigenvalue weighted by Gasteiger charge is -2.29. The van der Waals surface area contributed by atoms with Crippen LogP contribution in [0.5, 0.6) is 5.75 Å². The van der Waals surface area contributed by atoms with Crippen LogP contribution < -0.4 is 21.0 Å². The van der Waals surface area contributed by atoms with Crippen LogP contribution >= 0.6 is 7.75 Å². The first-order valence-electron chi connectivity index (χ1n) is 12.6. The van der Waals surface area contributed by atoms with Gasteiger partial charge in [0.15, 0.2) is 12.4 Å². The zero-order chi connectivity index (χ0) is 29.2. The van der Waals surface area contributed by atoms with Crippen molar-refractivity contribution >= 4 is 30.3 Å². The Labute approximate surface area is 229 Å². The molecule has 0 amide bonds. The number of hydrogen-bond acceptors (Lipinski definition) is 10. The number of aliphatic hydroxyl groups excluding tert-OH is 1. The number of fused-ring (bicyclic) bond motifs is 1. The summed E-state index contributed by atoms with van der Waals surface area (Å²) in [7, 11) is -4.42. The van der Waals surface area contributed by atoms with Crippen molar-refractivity contribution in [3.05, 3.63) is 65.2 Å². The Morgan fingerprint density at radius 1 is 1.25 bits per heavy atom. The molecule has 0 radical (unpaired) electrons. The minimum Gasteiger partial charge on any atom is -0.462 e. The minimum absolute atomic E-state index is 0.0562. The van der Waals surface area contributed by atoms with Gasteiger partial charge in [-0.05, 0) is 45.2 Å². The lowest BCUT2D eigenvalue weighted by molar-refractivity contribution is -0.149. The van der Waals surface area contributed by atoms with E-state index in [0.717, 1.165) is 9.95 Å². The molecule has 0 aliphatic carbocycles. The number of hydrogen-bond donors (Lipinski definition) is 3. The number of nitrogens with zero attached hydrogens (tertiary/aromatic N) is 2. The van der Waals surface area contributed by atoms with Crippen molar-refractivity contribution in [1.82, 2.24) is 14.6 Å². The van der Waals surface area contributed by atoms with Crippen molar-refractivity contribution in [2.75, 3.05) is 12.3 Å². The molecule has 1 unspecified atom stereocenters. The van der Waals surface area contributed by atoms with Crippen LogP contribution in [0.25, 0.3) is 10.8 Å². The molecule has 1 aliphatic rings. The Morgan fingerprint density at radius 2 is 1.95 bits per heavy atom. The van der Waals surface area contributed by atoms with E-state index in [4.69, 9.17) is 24.3 Å². The number of rotatable bonds is 10. The lowest BCUT2D eigenvalue weighted by atomic mass is 10.0. The SMILES string of the molecule is CC(C)OC(=O)[C@H](C)NP(=O)(OC[C@@]1(C)O[C@@H](n2ccc(N)nc2=O)[C@H](O)[C@@H]1F)Oc1cccc2ccccc12. The van der Waals surface area contributed by atoms with E-state index in [1.807, 2.05) is 18.2 Å². The fraction of sp³-hybridized carbons (Fsp3) is 0.423. The normalized spacial score (nSPS) is 25.0. The van der Waals surface area contributed by atoms with Crippen LogP contribution in [0.15, 0.2) is 59.5 Å². The molecule has 0 spiro atoms. The molecule has 2 aromatic carbocycles. The first kappa shape index (κ1) is 29.6. The van der Waals surface area contributed by atoms with Gasteiger partial charge in [-0.15, -0.1) is 0 Å². The van der Waals surface area contributed by atoms with Crippen molar-refractivity contribution in [3.63, 3.8) is 0 Å². The second kappa shape index (κ2) is 11.6. The number of aromatic nitrogens is 2. The van der Waals surface area contributed by atoms with E-state index in [2.05, 4.69) is 10.1 Å². The molecule has 0 saturated carbocycles. The maximum absolute atomic E-state index is 15.4. The molecule has 1 saturated heterocycles. The van der Waals surface area contributed by atoms with Gasteiger partial charge in [0.1, 0.15) is 29.3 Å². The molecule has 1 aromatic heterocycles. The van der Waals surface area contributed by atoms with Crippen LogP contribution in [0.4, 0.5) is 10.2 Å². The summed E-state index contributed by atoms with van der Waals surface area (Å²) in [5.41, 5.74) is 2.78. The highest BCUT2D eigenvalue weighted by molar-refractivity contribution is 7.52. The molecule has 1 fully saturated rings. The molecule has 3 aromatic rings. The van der Waals surface area contributed by atoms with Gasteiger partial charge in [0.05, 0.1) is 12.7 Å². The number of nitrogens with one attached hydrogen (secondary N) is 1. The molecule has 14 heteroatoms. The van der Waals surface area contributed by atoms with Gasteiger partial charge in [-0.25, -0.2) is 13.8 Å². The van der Waals surface area contributed by atoms with E-state index < -0.39 is 62.3 Å². The Hall–Kier alpha value is -3.35. The molecule has 6 atom stereocenters. The summed E-state index contributed by atoms with van der Waals surface area (Å²) in [6.45, 7) is 5.34. The zero-order valence-electron chi connectivity index (χ0n) is 22.4. The topological polar surface area (TPSA) is 164 Å². The predicted molar refractivity (Wildman–Crippen MR) is 144 cm³/mol. The molecule has 216 valence electrons. The van der Waals surface area contributed by atoms with Crippen molar-refractivity contribution in [2.24, 2.45) is 0 Å². The largest absolute Gasteiger partial charge is 0.462 e. The molecule has 2 heterocycles. The molecular formula is C26H32FN4O8P. The van der Waals surface area contributed by atoms with E-state index >= 15 is 4.39 Å². The summed E-state index contributed by atoms with van der Waals surface area (Å²) >= 11 is 0. The van der Waals surface area contributed by atoms with Gasteiger partial charge < -0.3 is 24.8 Å². The van der Waals surface area contributed by atoms with Gasteiger partial charge in [-0.3, -0.25) is 13.9 Å². The number of alkyl halides is 1. The van der Waals surface area contributed by atoms with E-state index in [1.54, 1.807) is 38.1 Å². The fourth-order valence-electron chi connectivity index (χ4n) is 4.20. The van der Waals surface area contributed by atoms with Gasteiger partial charge in [0.2, 0.25) is 0 Å². The summed E-state index contributed by atoms with van der Waals surface area (Å²) in [6, 6.07) is 12.4. The van der Waals surface area contributed by atoms with Crippen LogP contribution in [0.1, 0.15) is 33.9 Å². The smallest absolute Gasteiger partial charge is 0.459 e. The highest BCUT2D eigenvalue weighted by Gasteiger charge is 2.55. The molecule has 1 aliphatic heterocycles. The molecular weight excluding hydrogens is 546 g/mol. The number of aliphatic hydroxyl groups is 1. The summed E-state index contributed by atoms with van der Waals surface area (Å²) in [6.07, 6.45) is -4.54. The number of carbonyl (C=O) groups is 1. The standard InChI is InChI=1S/C26H32FN4O8P/c1-15(2)37-24(33)16(3)30-40(35,39-19-11-7-9-17-8-5-6-10-18(17)19)36-14-26(4)22(27)21(32)23(38-26)31-13-12-20(28)29-25(31)34/h5-13,15-16,21-23,32H,14H2,1-4H3,(H,30,35)(H2,28,29,34)/t16-,21+,22-,23+,26+,40?/m0/s1. The zero-order valence-corrected chi connectivity index (χ0v) is 23.3. The fourth-order valence-corrected chi connectivity index (χ4v) is 5.81. The second-order valence-corrected chi connectivity index (χ2v) is 11.6. The van der Waals surface area contributed by atoms with Crippen molar-refractivity contribution in [3.8, 4) is 5.75 Å². The van der Waals surface area contributed by atoms with Crippen molar-refractivity contribution in [1.29, 1.82) is 0 Å². The molecule has 4 N–H and O–H groups in total. The van der Waals surface area contributed by atoms with Gasteiger partial charge in [0.25, 0.3) is 0 Å². The summed E-state index contributed by atoms with van der Waals surface area (Å²) in [5.74, 6) is -0.581. The van der Waals surface area contributed by atoms with Gasteiger partial charge in [0, 0.05) is 11.6 Å². The molecule has 40 heavy (non-hydrogen) atoms. The summed E-state index contributed by atoms with van der Waals surface area (Å²) in [5, 5.41) is 14.5. The van der Waals surface area contributed by atoms with Crippen LogP contribution in [0.3, 0.4) is 0 Å². The molecule has 4 rings (SSSR count). The number of nitrogens with two attached hydrogens (primary N) is 1. The third kappa shape index (κ3) is 6.34. The van der Waals surface area contributed by atoms with Crippen molar-refractivity contribution in [2.45, 2.75) is 63.9 Å². The summed E-state index contributed by atoms with van der Waals surface area (Å²) < 4.78 is 52.8. The summed E-state index contributed by atoms with van der Waals surface area (Å²) in [4.78, 5) is 28.4. The Kier molecular flexibility index (Phi) is 8.62. The van der Waals surface area contributed by atoms with E-state index in [1.165, 1.54) is 26.1 Å². The van der Waals surface area contributed by atoms with Crippen LogP contribution in [0.2, 0.25) is 0 Å². The third-order valence-electron chi connectivity index (χ3n) is 6.24. The van der Waals surface area contributed by atoms with E-state index in [0.29, 0.717) is 5.39 Å². The predicted octanol–water partition coefficient (Wildman–Crippen LogP) is 3.10. The quantitative estimate of drug-likeness (QED) is 0.239. The van der Waals surface area contributed by atoms with Gasteiger partial charge in [-0.2, -0.15) is 10.1 Å². The average Bonchev–Trinajstić information content (AvgIpc) is 3.12. The Morgan fingerprint density at radius 3 is 2.65 bits per heavy atom. The monoisotopic (exact) mass is 578 g/mol. The van der Waals surface area contributed by atoms with Crippen LogP contribution in [0, 0.1) is 0 Å². The molecule has 0 bridgehead atoms. The van der Waals surface area contributed by atoms with E-state index in [-0.39, 0.29) is 11.6 Å². The number of anilines is 1. The number of carbonyl (C=O) groups excluding carboxylic acids is 1. The number of benzene rings is 2. The maximum atomic E-state index is 15.4. The van der Waals surface area contributed by atoms with E-state index in [9.17, 15) is 19.3 Å². The number of esters is 1. The Balaban J connectivity index is 1.61. The first-order chi connectivity index (χ1) is 18.8. The Bertz CT molecular complexity index is 1480. The van der Waals surface area contributed by atoms with Crippen LogP contribution in [-0.4, -0.2) is 57.3 Å². The minimum atomic E-state index is -4.42. The average molecular weight is 579 g/mol. The second-order valence-electron chi connectivity index (χ2n) is 9.93. The highest BCUT2D eigenvalue weighted by Crippen LogP contribution is 2.49.